The first-order chi connectivity index (χ1) is 7.52. The molecule has 3 nitrogen and oxygen atoms in total. The number of nitrogens with two attached hydrogens (primary N) is 1. The quantitative estimate of drug-likeness (QED) is 0.818. The highest BCUT2D eigenvalue weighted by Gasteiger charge is 2.24. The molecule has 0 aromatic carbocycles. The Kier molecular flexibility index (Phi) is 7.80. The molecule has 1 unspecified atom stereocenters. The highest BCUT2D eigenvalue weighted by atomic mass is 35.5. The van der Waals surface area contributed by atoms with Gasteiger partial charge in [0.15, 0.2) is 0 Å². The molecule has 0 aliphatic heterocycles. The molecule has 1 amide bonds. The zero-order valence-corrected chi connectivity index (χ0v) is 12.1. The smallest absolute Gasteiger partial charge is 0.237 e. The van der Waals surface area contributed by atoms with Gasteiger partial charge in [0.25, 0.3) is 0 Å². The van der Waals surface area contributed by atoms with Crippen LogP contribution in [0.15, 0.2) is 0 Å². The molecule has 0 heterocycles. The predicted octanol–water partition coefficient (Wildman–Crippen LogP) is 2.48. The molecule has 2 atom stereocenters. The third-order valence-electron chi connectivity index (χ3n) is 3.75. The summed E-state index contributed by atoms with van der Waals surface area (Å²) in [6, 6.07) is -0.0939. The van der Waals surface area contributed by atoms with Crippen LogP contribution in [0, 0.1) is 11.8 Å². The van der Waals surface area contributed by atoms with Crippen molar-refractivity contribution in [1.82, 2.24) is 5.32 Å². The van der Waals surface area contributed by atoms with Crippen molar-refractivity contribution >= 4 is 18.3 Å². The van der Waals surface area contributed by atoms with Gasteiger partial charge in [0.1, 0.15) is 0 Å². The minimum Gasteiger partial charge on any atom is -0.352 e. The molecule has 0 aromatic rings. The van der Waals surface area contributed by atoms with Crippen molar-refractivity contribution in [1.29, 1.82) is 0 Å². The average molecular weight is 263 g/mol. The second kappa shape index (κ2) is 7.93. The lowest BCUT2D eigenvalue weighted by Crippen LogP contribution is -2.49. The molecule has 1 aliphatic rings. The molecule has 0 saturated heterocycles. The van der Waals surface area contributed by atoms with Crippen LogP contribution in [-0.2, 0) is 4.79 Å². The summed E-state index contributed by atoms with van der Waals surface area (Å²) in [6.07, 6.45) is 6.46. The number of halogens is 1. The van der Waals surface area contributed by atoms with Gasteiger partial charge in [0.05, 0.1) is 6.04 Å². The molecular formula is C13H27ClN2O. The standard InChI is InChI=1S/C13H26N2O.ClH/c1-9(2)12(14)13(16)15-10(3)11-7-5-4-6-8-11;/h9-12H,4-8,14H2,1-3H3,(H,15,16);1H/t10?,12-;/m1./s1. The number of rotatable bonds is 4. The van der Waals surface area contributed by atoms with Crippen LogP contribution in [0.2, 0.25) is 0 Å². The Morgan fingerprint density at radius 2 is 1.71 bits per heavy atom. The van der Waals surface area contributed by atoms with Crippen molar-refractivity contribution in [2.24, 2.45) is 17.6 Å². The molecule has 102 valence electrons. The van der Waals surface area contributed by atoms with Crippen LogP contribution in [0.1, 0.15) is 52.9 Å². The molecule has 1 fully saturated rings. The van der Waals surface area contributed by atoms with Crippen molar-refractivity contribution in [3.8, 4) is 0 Å². The van der Waals surface area contributed by atoms with E-state index in [2.05, 4.69) is 12.2 Å². The molecule has 0 bridgehead atoms. The number of carbonyl (C=O) groups excluding carboxylic acids is 1. The minimum atomic E-state index is -0.369. The number of hydrogen-bond donors (Lipinski definition) is 2. The van der Waals surface area contributed by atoms with E-state index in [1.807, 2.05) is 13.8 Å². The molecule has 3 N–H and O–H groups in total. The fraction of sp³-hybridized carbons (Fsp3) is 0.923. The van der Waals surface area contributed by atoms with Crippen LogP contribution in [0.5, 0.6) is 0 Å². The number of carbonyl (C=O) groups is 1. The van der Waals surface area contributed by atoms with Crippen LogP contribution in [0.25, 0.3) is 0 Å². The summed E-state index contributed by atoms with van der Waals surface area (Å²) in [7, 11) is 0. The van der Waals surface area contributed by atoms with Crippen molar-refractivity contribution in [3.05, 3.63) is 0 Å². The number of nitrogens with one attached hydrogen (secondary N) is 1. The van der Waals surface area contributed by atoms with E-state index in [0.717, 1.165) is 0 Å². The van der Waals surface area contributed by atoms with Crippen LogP contribution >= 0.6 is 12.4 Å². The minimum absolute atomic E-state index is 0. The molecule has 1 saturated carbocycles. The fourth-order valence-corrected chi connectivity index (χ4v) is 2.38. The van der Waals surface area contributed by atoms with Crippen LogP contribution in [-0.4, -0.2) is 18.0 Å². The zero-order valence-electron chi connectivity index (χ0n) is 11.2. The maximum Gasteiger partial charge on any atom is 0.237 e. The van der Waals surface area contributed by atoms with Gasteiger partial charge in [-0.25, -0.2) is 0 Å². The summed E-state index contributed by atoms with van der Waals surface area (Å²) in [6.45, 7) is 6.08. The molecule has 1 rings (SSSR count). The third-order valence-corrected chi connectivity index (χ3v) is 3.75. The maximum absolute atomic E-state index is 11.8. The first-order valence-electron chi connectivity index (χ1n) is 6.58. The molecular weight excluding hydrogens is 236 g/mol. The highest BCUT2D eigenvalue weighted by molar-refractivity contribution is 5.85. The summed E-state index contributed by atoms with van der Waals surface area (Å²) in [5.74, 6) is 0.865. The SMILES string of the molecule is CC(NC(=O)[C@H](N)C(C)C)C1CCCCC1.Cl. The monoisotopic (exact) mass is 262 g/mol. The van der Waals surface area contributed by atoms with E-state index in [4.69, 9.17) is 5.73 Å². The van der Waals surface area contributed by atoms with Gasteiger partial charge >= 0.3 is 0 Å². The van der Waals surface area contributed by atoms with Gasteiger partial charge in [-0.05, 0) is 31.6 Å². The first-order valence-corrected chi connectivity index (χ1v) is 6.58. The van der Waals surface area contributed by atoms with E-state index >= 15 is 0 Å². The lowest BCUT2D eigenvalue weighted by atomic mass is 9.84. The van der Waals surface area contributed by atoms with E-state index in [1.54, 1.807) is 0 Å². The van der Waals surface area contributed by atoms with Crippen molar-refractivity contribution in [3.63, 3.8) is 0 Å². The molecule has 0 aromatic heterocycles. The van der Waals surface area contributed by atoms with E-state index < -0.39 is 0 Å². The second-order valence-electron chi connectivity index (χ2n) is 5.47. The lowest BCUT2D eigenvalue weighted by molar-refractivity contribution is -0.124. The van der Waals surface area contributed by atoms with Gasteiger partial charge < -0.3 is 11.1 Å². The second-order valence-corrected chi connectivity index (χ2v) is 5.47. The molecule has 4 heteroatoms. The van der Waals surface area contributed by atoms with Gasteiger partial charge in [0, 0.05) is 6.04 Å². The van der Waals surface area contributed by atoms with E-state index in [0.29, 0.717) is 5.92 Å². The number of hydrogen-bond acceptors (Lipinski definition) is 2. The summed E-state index contributed by atoms with van der Waals surface area (Å²) in [4.78, 5) is 11.8. The Morgan fingerprint density at radius 3 is 2.18 bits per heavy atom. The third kappa shape index (κ3) is 5.26. The van der Waals surface area contributed by atoms with Crippen LogP contribution in [0.3, 0.4) is 0 Å². The summed E-state index contributed by atoms with van der Waals surface area (Å²) < 4.78 is 0. The Bertz CT molecular complexity index is 227. The van der Waals surface area contributed by atoms with Gasteiger partial charge in [-0.1, -0.05) is 33.1 Å². The Labute approximate surface area is 111 Å². The topological polar surface area (TPSA) is 55.1 Å². The molecule has 0 radical (unpaired) electrons. The lowest BCUT2D eigenvalue weighted by Gasteiger charge is -2.29. The van der Waals surface area contributed by atoms with E-state index in [1.165, 1.54) is 32.1 Å². The predicted molar refractivity (Wildman–Crippen MR) is 74.2 cm³/mol. The van der Waals surface area contributed by atoms with Crippen LogP contribution < -0.4 is 11.1 Å². The maximum atomic E-state index is 11.8. The Balaban J connectivity index is 0.00000256. The highest BCUT2D eigenvalue weighted by Crippen LogP contribution is 2.26. The van der Waals surface area contributed by atoms with E-state index in [9.17, 15) is 4.79 Å². The fourth-order valence-electron chi connectivity index (χ4n) is 2.38. The summed E-state index contributed by atoms with van der Waals surface area (Å²) >= 11 is 0. The summed E-state index contributed by atoms with van der Waals surface area (Å²) in [5.41, 5.74) is 5.83. The van der Waals surface area contributed by atoms with Gasteiger partial charge in [-0.15, -0.1) is 12.4 Å². The van der Waals surface area contributed by atoms with Gasteiger partial charge in [0.2, 0.25) is 5.91 Å². The number of amides is 1. The van der Waals surface area contributed by atoms with Crippen molar-refractivity contribution in [2.75, 3.05) is 0 Å². The molecule has 17 heavy (non-hydrogen) atoms. The van der Waals surface area contributed by atoms with Crippen molar-refractivity contribution in [2.45, 2.75) is 65.0 Å². The Hall–Kier alpha value is -0.280. The normalized spacial score (nSPS) is 20.5. The van der Waals surface area contributed by atoms with Crippen molar-refractivity contribution < 1.29 is 4.79 Å². The Morgan fingerprint density at radius 1 is 1.18 bits per heavy atom. The molecule has 0 spiro atoms. The largest absolute Gasteiger partial charge is 0.352 e. The van der Waals surface area contributed by atoms with E-state index in [-0.39, 0.29) is 36.3 Å². The average Bonchev–Trinajstić information content (AvgIpc) is 2.28. The first kappa shape index (κ1) is 16.7. The zero-order chi connectivity index (χ0) is 12.1. The van der Waals surface area contributed by atoms with Crippen LogP contribution in [0.4, 0.5) is 0 Å². The van der Waals surface area contributed by atoms with Gasteiger partial charge in [-0.2, -0.15) is 0 Å². The summed E-state index contributed by atoms with van der Waals surface area (Å²) in [5, 5.41) is 3.07. The molecule has 1 aliphatic carbocycles. The van der Waals surface area contributed by atoms with Gasteiger partial charge in [-0.3, -0.25) is 4.79 Å².